The lowest BCUT2D eigenvalue weighted by Gasteiger charge is -2.07. The first-order chi connectivity index (χ1) is 10.8. The van der Waals surface area contributed by atoms with Gasteiger partial charge in [0.15, 0.2) is 0 Å². The summed E-state index contributed by atoms with van der Waals surface area (Å²) in [5, 5.41) is 6.36. The molecule has 3 heteroatoms. The molecule has 0 spiro atoms. The Morgan fingerprint density at radius 1 is 0.864 bits per heavy atom. The Balaban J connectivity index is 1.52. The molecule has 0 bridgehead atoms. The predicted molar refractivity (Wildman–Crippen MR) is 92.3 cm³/mol. The van der Waals surface area contributed by atoms with Crippen molar-refractivity contribution in [3.8, 4) is 0 Å². The van der Waals surface area contributed by atoms with Gasteiger partial charge in [0, 0.05) is 24.3 Å². The highest BCUT2D eigenvalue weighted by atomic mass is 16.1. The highest BCUT2D eigenvalue weighted by Crippen LogP contribution is 2.08. The molecule has 0 saturated heterocycles. The van der Waals surface area contributed by atoms with Crippen molar-refractivity contribution in [1.29, 1.82) is 0 Å². The number of carbonyl (C=O) groups excluding carboxylic acids is 1. The van der Waals surface area contributed by atoms with Crippen molar-refractivity contribution in [3.05, 3.63) is 65.7 Å². The maximum atomic E-state index is 11.8. The molecule has 1 amide bonds. The van der Waals surface area contributed by atoms with Gasteiger partial charge in [0.2, 0.25) is 0 Å². The van der Waals surface area contributed by atoms with E-state index >= 15 is 0 Å². The van der Waals surface area contributed by atoms with E-state index in [2.05, 4.69) is 41.8 Å². The van der Waals surface area contributed by atoms with Gasteiger partial charge in [-0.25, -0.2) is 0 Å². The van der Waals surface area contributed by atoms with E-state index in [1.807, 2.05) is 30.3 Å². The third-order valence-electron chi connectivity index (χ3n) is 3.56. The Morgan fingerprint density at radius 3 is 2.27 bits per heavy atom. The van der Waals surface area contributed by atoms with Crippen LogP contribution in [0.4, 0.5) is 5.69 Å². The van der Waals surface area contributed by atoms with Gasteiger partial charge in [-0.1, -0.05) is 35.9 Å². The summed E-state index contributed by atoms with van der Waals surface area (Å²) < 4.78 is 0. The standard InChI is InChI=1S/C19H24N2O/c1-16-10-12-18(13-11-16)20-14-6-3-7-15-21-19(22)17-8-4-2-5-9-17/h2,4-5,8-13,20H,3,6-7,14-15H2,1H3,(H,21,22). The summed E-state index contributed by atoms with van der Waals surface area (Å²) in [5.74, 6) is 0.0124. The summed E-state index contributed by atoms with van der Waals surface area (Å²) >= 11 is 0. The van der Waals surface area contributed by atoms with Gasteiger partial charge in [-0.2, -0.15) is 0 Å². The van der Waals surface area contributed by atoms with Crippen molar-refractivity contribution >= 4 is 11.6 Å². The van der Waals surface area contributed by atoms with E-state index in [0.717, 1.165) is 37.9 Å². The second-order valence-electron chi connectivity index (χ2n) is 5.48. The normalized spacial score (nSPS) is 10.2. The molecule has 0 fully saturated rings. The Kier molecular flexibility index (Phi) is 6.49. The maximum Gasteiger partial charge on any atom is 0.251 e. The molecule has 0 aliphatic rings. The van der Waals surface area contributed by atoms with Crippen LogP contribution in [0.5, 0.6) is 0 Å². The van der Waals surface area contributed by atoms with Gasteiger partial charge in [0.25, 0.3) is 5.91 Å². The van der Waals surface area contributed by atoms with Crippen LogP contribution >= 0.6 is 0 Å². The average Bonchev–Trinajstić information content (AvgIpc) is 2.56. The van der Waals surface area contributed by atoms with Crippen molar-refractivity contribution in [2.45, 2.75) is 26.2 Å². The van der Waals surface area contributed by atoms with Gasteiger partial charge in [-0.3, -0.25) is 4.79 Å². The van der Waals surface area contributed by atoms with E-state index in [-0.39, 0.29) is 5.91 Å². The fourth-order valence-electron chi connectivity index (χ4n) is 2.22. The van der Waals surface area contributed by atoms with Gasteiger partial charge < -0.3 is 10.6 Å². The van der Waals surface area contributed by atoms with E-state index in [0.29, 0.717) is 0 Å². The molecule has 3 nitrogen and oxygen atoms in total. The van der Waals surface area contributed by atoms with Gasteiger partial charge in [0.1, 0.15) is 0 Å². The minimum atomic E-state index is 0.0124. The number of aryl methyl sites for hydroxylation is 1. The Hall–Kier alpha value is -2.29. The predicted octanol–water partition coefficient (Wildman–Crippen LogP) is 4.01. The van der Waals surface area contributed by atoms with E-state index in [4.69, 9.17) is 0 Å². The molecule has 0 aliphatic heterocycles. The summed E-state index contributed by atoms with van der Waals surface area (Å²) in [4.78, 5) is 11.8. The van der Waals surface area contributed by atoms with Crippen molar-refractivity contribution < 1.29 is 4.79 Å². The summed E-state index contributed by atoms with van der Waals surface area (Å²) in [6.45, 7) is 3.79. The summed E-state index contributed by atoms with van der Waals surface area (Å²) in [5.41, 5.74) is 3.17. The summed E-state index contributed by atoms with van der Waals surface area (Å²) in [6.07, 6.45) is 3.22. The molecule has 116 valence electrons. The third kappa shape index (κ3) is 5.60. The molecule has 0 radical (unpaired) electrons. The zero-order valence-corrected chi connectivity index (χ0v) is 13.1. The van der Waals surface area contributed by atoms with Crippen molar-refractivity contribution in [2.75, 3.05) is 18.4 Å². The molecule has 0 atom stereocenters. The molecular weight excluding hydrogens is 272 g/mol. The first-order valence-corrected chi connectivity index (χ1v) is 7.89. The lowest BCUT2D eigenvalue weighted by molar-refractivity contribution is 0.0953. The largest absolute Gasteiger partial charge is 0.385 e. The molecule has 2 aromatic carbocycles. The van der Waals surface area contributed by atoms with E-state index in [1.54, 1.807) is 0 Å². The van der Waals surface area contributed by atoms with E-state index < -0.39 is 0 Å². The van der Waals surface area contributed by atoms with Gasteiger partial charge in [-0.15, -0.1) is 0 Å². The first-order valence-electron chi connectivity index (χ1n) is 7.89. The third-order valence-corrected chi connectivity index (χ3v) is 3.56. The second kappa shape index (κ2) is 8.88. The van der Waals surface area contributed by atoms with Crippen LogP contribution in [0.15, 0.2) is 54.6 Å². The summed E-state index contributed by atoms with van der Waals surface area (Å²) in [6, 6.07) is 17.8. The number of benzene rings is 2. The van der Waals surface area contributed by atoms with Crippen molar-refractivity contribution in [2.24, 2.45) is 0 Å². The number of rotatable bonds is 8. The molecule has 2 N–H and O–H groups in total. The number of nitrogens with one attached hydrogen (secondary N) is 2. The highest BCUT2D eigenvalue weighted by molar-refractivity contribution is 5.94. The lowest BCUT2D eigenvalue weighted by atomic mass is 10.2. The SMILES string of the molecule is Cc1ccc(NCCCCCNC(=O)c2ccccc2)cc1. The van der Waals surface area contributed by atoms with E-state index in [9.17, 15) is 4.79 Å². The first kappa shape index (κ1) is 16.1. The number of carbonyl (C=O) groups is 1. The van der Waals surface area contributed by atoms with Crippen LogP contribution in [-0.2, 0) is 0 Å². The van der Waals surface area contributed by atoms with Crippen molar-refractivity contribution in [1.82, 2.24) is 5.32 Å². The molecule has 0 unspecified atom stereocenters. The van der Waals surface area contributed by atoms with Crippen LogP contribution in [0.1, 0.15) is 35.2 Å². The molecule has 2 rings (SSSR count). The van der Waals surface area contributed by atoms with Crippen LogP contribution < -0.4 is 10.6 Å². The van der Waals surface area contributed by atoms with E-state index in [1.165, 1.54) is 11.3 Å². The van der Waals surface area contributed by atoms with Gasteiger partial charge >= 0.3 is 0 Å². The van der Waals surface area contributed by atoms with Crippen LogP contribution in [-0.4, -0.2) is 19.0 Å². The second-order valence-corrected chi connectivity index (χ2v) is 5.48. The molecule has 0 aromatic heterocycles. The number of unbranched alkanes of at least 4 members (excludes halogenated alkanes) is 2. The van der Waals surface area contributed by atoms with Crippen molar-refractivity contribution in [3.63, 3.8) is 0 Å². The minimum Gasteiger partial charge on any atom is -0.385 e. The molecule has 0 aliphatic carbocycles. The lowest BCUT2D eigenvalue weighted by Crippen LogP contribution is -2.24. The minimum absolute atomic E-state index is 0.0124. The van der Waals surface area contributed by atoms with Crippen LogP contribution in [0.25, 0.3) is 0 Å². The molecule has 0 heterocycles. The van der Waals surface area contributed by atoms with Crippen LogP contribution in [0.2, 0.25) is 0 Å². The zero-order valence-electron chi connectivity index (χ0n) is 13.1. The molecule has 22 heavy (non-hydrogen) atoms. The Labute approximate surface area is 132 Å². The molecular formula is C19H24N2O. The fraction of sp³-hybridized carbons (Fsp3) is 0.316. The number of amides is 1. The average molecular weight is 296 g/mol. The van der Waals surface area contributed by atoms with Gasteiger partial charge in [0.05, 0.1) is 0 Å². The van der Waals surface area contributed by atoms with Gasteiger partial charge in [-0.05, 0) is 50.5 Å². The molecule has 2 aromatic rings. The smallest absolute Gasteiger partial charge is 0.251 e. The Morgan fingerprint density at radius 2 is 1.55 bits per heavy atom. The maximum absolute atomic E-state index is 11.8. The monoisotopic (exact) mass is 296 g/mol. The summed E-state index contributed by atoms with van der Waals surface area (Å²) in [7, 11) is 0. The highest BCUT2D eigenvalue weighted by Gasteiger charge is 2.02. The topological polar surface area (TPSA) is 41.1 Å². The number of hydrogen-bond donors (Lipinski definition) is 2. The number of hydrogen-bond acceptors (Lipinski definition) is 2. The molecule has 0 saturated carbocycles. The van der Waals surface area contributed by atoms with Crippen LogP contribution in [0.3, 0.4) is 0 Å². The Bertz CT molecular complexity index is 564. The quantitative estimate of drug-likeness (QED) is 0.723. The zero-order chi connectivity index (χ0) is 15.6. The number of anilines is 1. The van der Waals surface area contributed by atoms with Crippen LogP contribution in [0, 0.1) is 6.92 Å². The fourth-order valence-corrected chi connectivity index (χ4v) is 2.22.